The average molecular weight is 273 g/mol. The zero-order valence-electron chi connectivity index (χ0n) is 10.8. The normalized spacial score (nSPS) is 13.2. The van der Waals surface area contributed by atoms with E-state index in [1.807, 2.05) is 13.8 Å². The van der Waals surface area contributed by atoms with Crippen molar-refractivity contribution in [2.45, 2.75) is 39.3 Å². The smallest absolute Gasteiger partial charge is 0.288 e. The van der Waals surface area contributed by atoms with E-state index >= 15 is 0 Å². The van der Waals surface area contributed by atoms with Crippen LogP contribution in [0.15, 0.2) is 12.1 Å². The number of halogens is 1. The summed E-state index contributed by atoms with van der Waals surface area (Å²) in [5.74, 6) is 0. The Morgan fingerprint density at radius 3 is 2.50 bits per heavy atom. The van der Waals surface area contributed by atoms with E-state index in [1.54, 1.807) is 13.8 Å². The highest BCUT2D eigenvalue weighted by atomic mass is 35.5. The first-order valence-corrected chi connectivity index (χ1v) is 5.93. The molecule has 0 saturated carbocycles. The lowest BCUT2D eigenvalue weighted by Crippen LogP contribution is -2.42. The molecule has 100 valence electrons. The van der Waals surface area contributed by atoms with Gasteiger partial charge in [-0.05, 0) is 39.3 Å². The number of rotatable bonds is 4. The van der Waals surface area contributed by atoms with Crippen molar-refractivity contribution >= 4 is 23.0 Å². The number of aliphatic hydroxyl groups excluding tert-OH is 1. The Morgan fingerprint density at radius 2 is 2.06 bits per heavy atom. The van der Waals surface area contributed by atoms with Crippen LogP contribution in [0, 0.1) is 17.0 Å². The number of nitro benzene ring substituents is 1. The third-order valence-electron chi connectivity index (χ3n) is 2.99. The maximum absolute atomic E-state index is 10.7. The Kier molecular flexibility index (Phi) is 4.19. The maximum atomic E-state index is 10.7. The van der Waals surface area contributed by atoms with Gasteiger partial charge in [0.2, 0.25) is 0 Å². The molecule has 0 radical (unpaired) electrons. The van der Waals surface area contributed by atoms with E-state index in [-0.39, 0.29) is 10.7 Å². The lowest BCUT2D eigenvalue weighted by atomic mass is 9.97. The second-order valence-electron chi connectivity index (χ2n) is 4.90. The average Bonchev–Trinajstić information content (AvgIpc) is 2.21. The topological polar surface area (TPSA) is 75.4 Å². The molecule has 18 heavy (non-hydrogen) atoms. The van der Waals surface area contributed by atoms with Crippen LogP contribution >= 0.6 is 11.6 Å². The van der Waals surface area contributed by atoms with E-state index in [0.29, 0.717) is 11.3 Å². The number of anilines is 1. The number of hydrogen-bond acceptors (Lipinski definition) is 4. The van der Waals surface area contributed by atoms with Gasteiger partial charge >= 0.3 is 0 Å². The van der Waals surface area contributed by atoms with Crippen LogP contribution in [0.5, 0.6) is 0 Å². The highest BCUT2D eigenvalue weighted by Crippen LogP contribution is 2.32. The van der Waals surface area contributed by atoms with E-state index in [0.717, 1.165) is 0 Å². The summed E-state index contributed by atoms with van der Waals surface area (Å²) >= 11 is 5.86. The van der Waals surface area contributed by atoms with Crippen LogP contribution in [0.2, 0.25) is 5.02 Å². The Balaban J connectivity index is 3.13. The molecule has 0 heterocycles. The minimum Gasteiger partial charge on any atom is -0.391 e. The molecule has 1 aromatic carbocycles. The SMILES string of the molecule is Cc1cc([N+](=O)[O-])c(Cl)cc1NC(C)(C)C(C)O. The second kappa shape index (κ2) is 5.12. The van der Waals surface area contributed by atoms with Crippen molar-refractivity contribution in [3.63, 3.8) is 0 Å². The lowest BCUT2D eigenvalue weighted by molar-refractivity contribution is -0.384. The first kappa shape index (κ1) is 14.7. The van der Waals surface area contributed by atoms with E-state index in [9.17, 15) is 15.2 Å². The molecule has 0 saturated heterocycles. The van der Waals surface area contributed by atoms with Gasteiger partial charge in [0.1, 0.15) is 5.02 Å². The fourth-order valence-corrected chi connectivity index (χ4v) is 1.63. The predicted octanol–water partition coefficient (Wildman–Crippen LogP) is 3.13. The zero-order chi connectivity index (χ0) is 14.1. The number of nitro groups is 1. The predicted molar refractivity (Wildman–Crippen MR) is 72.2 cm³/mol. The Morgan fingerprint density at radius 1 is 1.50 bits per heavy atom. The molecule has 1 aromatic rings. The summed E-state index contributed by atoms with van der Waals surface area (Å²) in [7, 11) is 0. The van der Waals surface area contributed by atoms with Gasteiger partial charge in [0, 0.05) is 11.8 Å². The molecule has 1 unspecified atom stereocenters. The summed E-state index contributed by atoms with van der Waals surface area (Å²) in [6.07, 6.45) is -0.578. The molecule has 1 atom stereocenters. The quantitative estimate of drug-likeness (QED) is 0.652. The molecule has 0 spiro atoms. The lowest BCUT2D eigenvalue weighted by Gasteiger charge is -2.31. The van der Waals surface area contributed by atoms with Crippen molar-refractivity contribution in [1.29, 1.82) is 0 Å². The Hall–Kier alpha value is -1.33. The van der Waals surface area contributed by atoms with E-state index in [2.05, 4.69) is 5.32 Å². The number of nitrogens with one attached hydrogen (secondary N) is 1. The number of hydrogen-bond donors (Lipinski definition) is 2. The van der Waals surface area contributed by atoms with Crippen LogP contribution in [0.25, 0.3) is 0 Å². The van der Waals surface area contributed by atoms with Crippen molar-refractivity contribution < 1.29 is 10.0 Å². The summed E-state index contributed by atoms with van der Waals surface area (Å²) in [4.78, 5) is 10.2. The largest absolute Gasteiger partial charge is 0.391 e. The van der Waals surface area contributed by atoms with E-state index in [1.165, 1.54) is 12.1 Å². The zero-order valence-corrected chi connectivity index (χ0v) is 11.6. The van der Waals surface area contributed by atoms with Crippen LogP contribution in [-0.4, -0.2) is 21.7 Å². The van der Waals surface area contributed by atoms with Crippen LogP contribution in [0.4, 0.5) is 11.4 Å². The minimum absolute atomic E-state index is 0.0782. The molecule has 1 rings (SSSR count). The minimum atomic E-state index is -0.578. The molecule has 0 fully saturated rings. The summed E-state index contributed by atoms with van der Waals surface area (Å²) in [6, 6.07) is 2.93. The molecular weight excluding hydrogens is 256 g/mol. The maximum Gasteiger partial charge on any atom is 0.288 e. The van der Waals surface area contributed by atoms with Crippen molar-refractivity contribution in [2.24, 2.45) is 0 Å². The Labute approximate surface area is 111 Å². The fourth-order valence-electron chi connectivity index (χ4n) is 1.39. The molecule has 6 heteroatoms. The molecule has 0 aromatic heterocycles. The summed E-state index contributed by atoms with van der Waals surface area (Å²) in [5, 5.41) is 23.6. The monoisotopic (exact) mass is 272 g/mol. The molecular formula is C12H17ClN2O3. The van der Waals surface area contributed by atoms with E-state index < -0.39 is 16.6 Å². The second-order valence-corrected chi connectivity index (χ2v) is 5.31. The molecule has 0 bridgehead atoms. The molecule has 0 aliphatic rings. The van der Waals surface area contributed by atoms with Crippen LogP contribution in [-0.2, 0) is 0 Å². The van der Waals surface area contributed by atoms with Gasteiger partial charge in [-0.1, -0.05) is 11.6 Å². The molecule has 5 nitrogen and oxygen atoms in total. The number of benzene rings is 1. The van der Waals surface area contributed by atoms with Crippen LogP contribution < -0.4 is 5.32 Å². The summed E-state index contributed by atoms with van der Waals surface area (Å²) in [6.45, 7) is 7.11. The van der Waals surface area contributed by atoms with Crippen LogP contribution in [0.3, 0.4) is 0 Å². The Bertz CT molecular complexity index is 473. The molecule has 0 aliphatic heterocycles. The van der Waals surface area contributed by atoms with Crippen molar-refractivity contribution in [3.05, 3.63) is 32.8 Å². The summed E-state index contributed by atoms with van der Waals surface area (Å²) in [5.41, 5.74) is 0.718. The molecule has 2 N–H and O–H groups in total. The highest BCUT2D eigenvalue weighted by Gasteiger charge is 2.25. The standard InChI is InChI=1S/C12H17ClN2O3/c1-7-5-11(15(17)18)9(13)6-10(7)14-12(3,4)8(2)16/h5-6,8,14,16H,1-4H3. The van der Waals surface area contributed by atoms with Gasteiger partial charge in [0.25, 0.3) is 5.69 Å². The van der Waals surface area contributed by atoms with Gasteiger partial charge < -0.3 is 10.4 Å². The number of aliphatic hydroxyl groups is 1. The van der Waals surface area contributed by atoms with E-state index in [4.69, 9.17) is 11.6 Å². The first-order valence-electron chi connectivity index (χ1n) is 5.56. The molecule has 0 amide bonds. The third kappa shape index (κ3) is 3.11. The highest BCUT2D eigenvalue weighted by molar-refractivity contribution is 6.33. The number of nitrogens with zero attached hydrogens (tertiary/aromatic N) is 1. The van der Waals surface area contributed by atoms with Gasteiger partial charge in [-0.15, -0.1) is 0 Å². The fraction of sp³-hybridized carbons (Fsp3) is 0.500. The number of aryl methyl sites for hydroxylation is 1. The van der Waals surface area contributed by atoms with Gasteiger partial charge in [-0.3, -0.25) is 10.1 Å². The van der Waals surface area contributed by atoms with Gasteiger partial charge in [-0.25, -0.2) is 0 Å². The van der Waals surface area contributed by atoms with Gasteiger partial charge in [-0.2, -0.15) is 0 Å². The van der Waals surface area contributed by atoms with Gasteiger partial charge in [0.15, 0.2) is 0 Å². The van der Waals surface area contributed by atoms with Crippen molar-refractivity contribution in [1.82, 2.24) is 0 Å². The van der Waals surface area contributed by atoms with Gasteiger partial charge in [0.05, 0.1) is 16.6 Å². The molecule has 0 aliphatic carbocycles. The third-order valence-corrected chi connectivity index (χ3v) is 3.29. The van der Waals surface area contributed by atoms with Crippen LogP contribution in [0.1, 0.15) is 26.3 Å². The van der Waals surface area contributed by atoms with Crippen molar-refractivity contribution in [2.75, 3.05) is 5.32 Å². The first-order chi connectivity index (χ1) is 8.15. The summed E-state index contributed by atoms with van der Waals surface area (Å²) < 4.78 is 0. The van der Waals surface area contributed by atoms with Crippen molar-refractivity contribution in [3.8, 4) is 0 Å².